The summed E-state index contributed by atoms with van der Waals surface area (Å²) in [6.07, 6.45) is 1.19. The van der Waals surface area contributed by atoms with E-state index >= 15 is 0 Å². The molecule has 0 atom stereocenters. The standard InChI is InChI=1S/C10H13NS/c1-8(2)11-5-3-9-4-6-12-10(9)7-11/h4,6H,1,3,5,7H2,2H3. The number of hydrogen-bond donors (Lipinski definition) is 0. The first-order valence-corrected chi connectivity index (χ1v) is 5.11. The Labute approximate surface area is 77.3 Å². The van der Waals surface area contributed by atoms with Crippen molar-refractivity contribution in [3.63, 3.8) is 0 Å². The molecule has 0 N–H and O–H groups in total. The molecule has 1 aromatic heterocycles. The van der Waals surface area contributed by atoms with E-state index in [0.29, 0.717) is 0 Å². The van der Waals surface area contributed by atoms with E-state index in [2.05, 4.69) is 29.8 Å². The van der Waals surface area contributed by atoms with Gasteiger partial charge in [-0.25, -0.2) is 0 Å². The van der Waals surface area contributed by atoms with Crippen LogP contribution < -0.4 is 0 Å². The van der Waals surface area contributed by atoms with Gasteiger partial charge in [0.1, 0.15) is 0 Å². The topological polar surface area (TPSA) is 3.24 Å². The molecule has 0 bridgehead atoms. The Morgan fingerprint density at radius 2 is 2.50 bits per heavy atom. The van der Waals surface area contributed by atoms with Gasteiger partial charge in [-0.1, -0.05) is 6.58 Å². The van der Waals surface area contributed by atoms with Crippen molar-refractivity contribution in [2.75, 3.05) is 6.54 Å². The predicted molar refractivity (Wildman–Crippen MR) is 53.2 cm³/mol. The monoisotopic (exact) mass is 179 g/mol. The SMILES string of the molecule is C=C(C)N1CCc2ccsc2C1. The molecule has 0 amide bonds. The molecule has 1 aliphatic rings. The van der Waals surface area contributed by atoms with E-state index in [0.717, 1.165) is 13.1 Å². The Morgan fingerprint density at radius 1 is 1.67 bits per heavy atom. The highest BCUT2D eigenvalue weighted by molar-refractivity contribution is 7.10. The van der Waals surface area contributed by atoms with Crippen molar-refractivity contribution in [3.8, 4) is 0 Å². The van der Waals surface area contributed by atoms with Gasteiger partial charge < -0.3 is 4.90 Å². The second kappa shape index (κ2) is 2.94. The minimum Gasteiger partial charge on any atom is -0.370 e. The van der Waals surface area contributed by atoms with E-state index in [1.54, 1.807) is 0 Å². The molecule has 0 aromatic carbocycles. The maximum atomic E-state index is 3.97. The zero-order valence-corrected chi connectivity index (χ0v) is 8.16. The minimum atomic E-state index is 1.07. The van der Waals surface area contributed by atoms with Crippen LogP contribution in [0.1, 0.15) is 17.4 Å². The van der Waals surface area contributed by atoms with Gasteiger partial charge in [-0.05, 0) is 30.4 Å². The highest BCUT2D eigenvalue weighted by atomic mass is 32.1. The molecule has 0 fully saturated rings. The lowest BCUT2D eigenvalue weighted by molar-refractivity contribution is 0.329. The van der Waals surface area contributed by atoms with Gasteiger partial charge in [-0.15, -0.1) is 11.3 Å². The molecule has 1 nitrogen and oxygen atoms in total. The summed E-state index contributed by atoms with van der Waals surface area (Å²) in [6, 6.07) is 2.25. The van der Waals surface area contributed by atoms with Crippen molar-refractivity contribution in [3.05, 3.63) is 34.2 Å². The van der Waals surface area contributed by atoms with Gasteiger partial charge in [0.2, 0.25) is 0 Å². The summed E-state index contributed by atoms with van der Waals surface area (Å²) in [6.45, 7) is 8.26. The highest BCUT2D eigenvalue weighted by Gasteiger charge is 2.15. The molecule has 0 aliphatic carbocycles. The minimum absolute atomic E-state index is 1.07. The van der Waals surface area contributed by atoms with Crippen molar-refractivity contribution >= 4 is 11.3 Å². The first-order chi connectivity index (χ1) is 5.77. The molecule has 1 aliphatic heterocycles. The molecule has 0 saturated carbocycles. The Bertz CT molecular complexity index is 301. The van der Waals surface area contributed by atoms with Crippen LogP contribution in [0.3, 0.4) is 0 Å². The predicted octanol–water partition coefficient (Wildman–Crippen LogP) is 2.64. The van der Waals surface area contributed by atoms with Gasteiger partial charge in [-0.3, -0.25) is 0 Å². The fourth-order valence-electron chi connectivity index (χ4n) is 1.56. The van der Waals surface area contributed by atoms with Crippen LogP contribution in [0, 0.1) is 0 Å². The van der Waals surface area contributed by atoms with Gasteiger partial charge in [0.15, 0.2) is 0 Å². The summed E-state index contributed by atoms with van der Waals surface area (Å²) in [7, 11) is 0. The lowest BCUT2D eigenvalue weighted by atomic mass is 10.1. The van der Waals surface area contributed by atoms with Crippen molar-refractivity contribution in [2.24, 2.45) is 0 Å². The number of allylic oxidation sites excluding steroid dienone is 1. The number of nitrogens with zero attached hydrogens (tertiary/aromatic N) is 1. The molecule has 1 aromatic rings. The molecule has 12 heavy (non-hydrogen) atoms. The quantitative estimate of drug-likeness (QED) is 0.640. The van der Waals surface area contributed by atoms with Crippen LogP contribution in [-0.4, -0.2) is 11.4 Å². The van der Waals surface area contributed by atoms with Crippen molar-refractivity contribution < 1.29 is 0 Å². The average molecular weight is 179 g/mol. The fourth-order valence-corrected chi connectivity index (χ4v) is 2.51. The zero-order valence-electron chi connectivity index (χ0n) is 7.34. The highest BCUT2D eigenvalue weighted by Crippen LogP contribution is 2.25. The summed E-state index contributed by atoms with van der Waals surface area (Å²) in [5.41, 5.74) is 2.73. The second-order valence-corrected chi connectivity index (χ2v) is 4.28. The van der Waals surface area contributed by atoms with Gasteiger partial charge >= 0.3 is 0 Å². The number of hydrogen-bond acceptors (Lipinski definition) is 2. The molecule has 0 radical (unpaired) electrons. The lowest BCUT2D eigenvalue weighted by Crippen LogP contribution is -2.27. The third-order valence-corrected chi connectivity index (χ3v) is 3.31. The van der Waals surface area contributed by atoms with Gasteiger partial charge in [-0.2, -0.15) is 0 Å². The summed E-state index contributed by atoms with van der Waals surface area (Å²) in [5.74, 6) is 0. The molecule has 2 heteroatoms. The third kappa shape index (κ3) is 1.27. The van der Waals surface area contributed by atoms with Crippen LogP contribution in [0.15, 0.2) is 23.7 Å². The van der Waals surface area contributed by atoms with Crippen molar-refractivity contribution in [1.29, 1.82) is 0 Å². The molecule has 2 heterocycles. The lowest BCUT2D eigenvalue weighted by Gasteiger charge is -2.28. The first kappa shape index (κ1) is 7.87. The third-order valence-electron chi connectivity index (χ3n) is 2.36. The van der Waals surface area contributed by atoms with E-state index in [4.69, 9.17) is 0 Å². The van der Waals surface area contributed by atoms with E-state index < -0.39 is 0 Å². The summed E-state index contributed by atoms with van der Waals surface area (Å²) < 4.78 is 0. The Kier molecular flexibility index (Phi) is 1.93. The molecule has 64 valence electrons. The maximum absolute atomic E-state index is 3.97. The van der Waals surface area contributed by atoms with E-state index in [-0.39, 0.29) is 0 Å². The largest absolute Gasteiger partial charge is 0.370 e. The van der Waals surface area contributed by atoms with Crippen LogP contribution in [0.2, 0.25) is 0 Å². The van der Waals surface area contributed by atoms with Crippen molar-refractivity contribution in [1.82, 2.24) is 4.90 Å². The first-order valence-electron chi connectivity index (χ1n) is 4.23. The smallest absolute Gasteiger partial charge is 0.0522 e. The van der Waals surface area contributed by atoms with Crippen LogP contribution in [-0.2, 0) is 13.0 Å². The van der Waals surface area contributed by atoms with Gasteiger partial charge in [0, 0.05) is 17.1 Å². The number of rotatable bonds is 1. The van der Waals surface area contributed by atoms with Crippen molar-refractivity contribution in [2.45, 2.75) is 19.9 Å². The number of fused-ring (bicyclic) bond motifs is 1. The fraction of sp³-hybridized carbons (Fsp3) is 0.400. The Balaban J connectivity index is 2.20. The summed E-state index contributed by atoms with van der Waals surface area (Å²) in [4.78, 5) is 3.86. The summed E-state index contributed by atoms with van der Waals surface area (Å²) in [5, 5.41) is 2.19. The molecular weight excluding hydrogens is 166 g/mol. The normalized spacial score (nSPS) is 15.9. The number of thiophene rings is 1. The molecule has 0 saturated heterocycles. The van der Waals surface area contributed by atoms with E-state index in [1.807, 2.05) is 11.3 Å². The zero-order chi connectivity index (χ0) is 8.55. The molecule has 0 unspecified atom stereocenters. The maximum Gasteiger partial charge on any atom is 0.0522 e. The Hall–Kier alpha value is -0.760. The second-order valence-electron chi connectivity index (χ2n) is 3.28. The Morgan fingerprint density at radius 3 is 3.25 bits per heavy atom. The van der Waals surface area contributed by atoms with Gasteiger partial charge in [0.05, 0.1) is 6.54 Å². The molecular formula is C10H13NS. The molecule has 2 rings (SSSR count). The average Bonchev–Trinajstić information content (AvgIpc) is 2.49. The van der Waals surface area contributed by atoms with E-state index in [1.165, 1.54) is 22.6 Å². The van der Waals surface area contributed by atoms with Crippen LogP contribution >= 0.6 is 11.3 Å². The molecule has 0 spiro atoms. The van der Waals surface area contributed by atoms with E-state index in [9.17, 15) is 0 Å². The van der Waals surface area contributed by atoms with Gasteiger partial charge in [0.25, 0.3) is 0 Å². The van der Waals surface area contributed by atoms with Crippen LogP contribution in [0.4, 0.5) is 0 Å². The summed E-state index contributed by atoms with van der Waals surface area (Å²) >= 11 is 1.86. The van der Waals surface area contributed by atoms with Crippen LogP contribution in [0.5, 0.6) is 0 Å². The van der Waals surface area contributed by atoms with Crippen LogP contribution in [0.25, 0.3) is 0 Å².